The van der Waals surface area contributed by atoms with Gasteiger partial charge in [-0.2, -0.15) is 10.1 Å². The summed E-state index contributed by atoms with van der Waals surface area (Å²) >= 11 is 6.34. The first-order valence-corrected chi connectivity index (χ1v) is 11.2. The van der Waals surface area contributed by atoms with Gasteiger partial charge in [-0.15, -0.1) is 0 Å². The van der Waals surface area contributed by atoms with Crippen molar-refractivity contribution < 1.29 is 4.79 Å². The number of carbonyl (C=O) groups is 1. The normalized spacial score (nSPS) is 19.1. The first-order chi connectivity index (χ1) is 14.9. The summed E-state index contributed by atoms with van der Waals surface area (Å²) in [7, 11) is 5.84. The fourth-order valence-corrected chi connectivity index (χ4v) is 3.99. The second-order valence-corrected chi connectivity index (χ2v) is 8.87. The molecule has 2 atom stereocenters. The third kappa shape index (κ3) is 7.63. The highest BCUT2D eigenvalue weighted by Crippen LogP contribution is 2.31. The van der Waals surface area contributed by atoms with Crippen LogP contribution in [-0.2, 0) is 11.8 Å². The second kappa shape index (κ2) is 11.2. The molecule has 2 N–H and O–H groups in total. The number of aromatic nitrogens is 4. The molecule has 9 heteroatoms. The summed E-state index contributed by atoms with van der Waals surface area (Å²) in [5, 5.41) is 11.3. The molecule has 1 aliphatic rings. The minimum Gasteiger partial charge on any atom is -0.366 e. The van der Waals surface area contributed by atoms with Crippen LogP contribution in [0.1, 0.15) is 38.5 Å². The summed E-state index contributed by atoms with van der Waals surface area (Å²) in [6.45, 7) is 0.790. The molecule has 0 radical (unpaired) electrons. The van der Waals surface area contributed by atoms with Gasteiger partial charge in [-0.05, 0) is 45.4 Å². The molecule has 3 rings (SSSR count). The lowest BCUT2D eigenvalue weighted by molar-refractivity contribution is -0.114. The van der Waals surface area contributed by atoms with Gasteiger partial charge in [0.1, 0.15) is 5.02 Å². The van der Waals surface area contributed by atoms with Gasteiger partial charge in [-0.1, -0.05) is 30.5 Å². The molecule has 0 saturated heterocycles. The molecule has 0 amide bonds. The average molecular weight is 446 g/mol. The highest BCUT2D eigenvalue weighted by Gasteiger charge is 2.23. The van der Waals surface area contributed by atoms with Gasteiger partial charge >= 0.3 is 0 Å². The number of rotatable bonds is 10. The van der Waals surface area contributed by atoms with E-state index in [-0.39, 0.29) is 11.8 Å². The molecule has 2 heterocycles. The van der Waals surface area contributed by atoms with Gasteiger partial charge in [0, 0.05) is 32.3 Å². The Morgan fingerprint density at radius 1 is 1.35 bits per heavy atom. The van der Waals surface area contributed by atoms with Crippen molar-refractivity contribution in [3.8, 4) is 0 Å². The zero-order valence-electron chi connectivity index (χ0n) is 18.5. The van der Waals surface area contributed by atoms with Crippen molar-refractivity contribution in [1.82, 2.24) is 24.6 Å². The Morgan fingerprint density at radius 3 is 2.94 bits per heavy atom. The van der Waals surface area contributed by atoms with Gasteiger partial charge in [-0.25, -0.2) is 4.98 Å². The zero-order valence-corrected chi connectivity index (χ0v) is 19.3. The Labute approximate surface area is 189 Å². The molecule has 2 aromatic rings. The zero-order chi connectivity index (χ0) is 22.2. The Morgan fingerprint density at radius 2 is 2.19 bits per heavy atom. The number of halogens is 1. The molecule has 168 valence electrons. The van der Waals surface area contributed by atoms with Gasteiger partial charge in [0.2, 0.25) is 5.95 Å². The molecule has 0 aromatic carbocycles. The largest absolute Gasteiger partial charge is 0.366 e. The van der Waals surface area contributed by atoms with Crippen LogP contribution in [0.4, 0.5) is 17.5 Å². The van der Waals surface area contributed by atoms with Crippen LogP contribution in [0.15, 0.2) is 30.7 Å². The van der Waals surface area contributed by atoms with Crippen LogP contribution >= 0.6 is 11.6 Å². The minimum atomic E-state index is 0.210. The topological polar surface area (TPSA) is 88.0 Å². The maximum absolute atomic E-state index is 12.1. The van der Waals surface area contributed by atoms with Crippen LogP contribution in [0.3, 0.4) is 0 Å². The predicted molar refractivity (Wildman–Crippen MR) is 125 cm³/mol. The van der Waals surface area contributed by atoms with E-state index in [1.165, 1.54) is 0 Å². The molecule has 2 aromatic heterocycles. The van der Waals surface area contributed by atoms with Crippen LogP contribution in [0.2, 0.25) is 5.02 Å². The fraction of sp³-hybridized carbons (Fsp3) is 0.545. The molecule has 1 aliphatic carbocycles. The monoisotopic (exact) mass is 445 g/mol. The maximum Gasteiger partial charge on any atom is 0.229 e. The van der Waals surface area contributed by atoms with E-state index in [1.807, 2.05) is 38.3 Å². The van der Waals surface area contributed by atoms with Crippen LogP contribution in [0.5, 0.6) is 0 Å². The molecule has 1 saturated carbocycles. The van der Waals surface area contributed by atoms with Gasteiger partial charge in [0.15, 0.2) is 11.6 Å². The van der Waals surface area contributed by atoms with E-state index < -0.39 is 0 Å². The van der Waals surface area contributed by atoms with E-state index in [9.17, 15) is 4.79 Å². The highest BCUT2D eigenvalue weighted by molar-refractivity contribution is 6.32. The van der Waals surface area contributed by atoms with Crippen molar-refractivity contribution >= 4 is 34.8 Å². The van der Waals surface area contributed by atoms with E-state index in [0.29, 0.717) is 29.1 Å². The van der Waals surface area contributed by atoms with Gasteiger partial charge in [0.25, 0.3) is 0 Å². The van der Waals surface area contributed by atoms with E-state index in [0.717, 1.165) is 44.3 Å². The molecule has 8 nitrogen and oxygen atoms in total. The molecular formula is C22H32ClN7O. The summed E-state index contributed by atoms with van der Waals surface area (Å²) < 4.78 is 1.71. The van der Waals surface area contributed by atoms with E-state index in [1.54, 1.807) is 23.2 Å². The van der Waals surface area contributed by atoms with Crippen molar-refractivity contribution in [3.63, 3.8) is 0 Å². The van der Waals surface area contributed by atoms with Crippen molar-refractivity contribution in [2.75, 3.05) is 31.3 Å². The number of anilines is 3. The number of nitrogens with one attached hydrogen (secondary N) is 2. The summed E-state index contributed by atoms with van der Waals surface area (Å²) in [5.41, 5.74) is 0.817. The van der Waals surface area contributed by atoms with E-state index in [2.05, 4.69) is 25.7 Å². The van der Waals surface area contributed by atoms with E-state index >= 15 is 0 Å². The minimum absolute atomic E-state index is 0.210. The number of likely N-dealkylation sites (N-methyl/N-ethyl adjacent to an activating group) is 1. The molecular weight excluding hydrogens is 414 g/mol. The maximum atomic E-state index is 12.1. The van der Waals surface area contributed by atoms with E-state index in [4.69, 9.17) is 11.6 Å². The molecule has 0 spiro atoms. The summed E-state index contributed by atoms with van der Waals surface area (Å²) in [4.78, 5) is 23.0. The lowest BCUT2D eigenvalue weighted by Gasteiger charge is -2.30. The second-order valence-electron chi connectivity index (χ2n) is 8.46. The fourth-order valence-electron chi connectivity index (χ4n) is 3.85. The third-order valence-electron chi connectivity index (χ3n) is 5.40. The quantitative estimate of drug-likeness (QED) is 0.533. The number of carbonyl (C=O) groups excluding carboxylic acids is 1. The third-order valence-corrected chi connectivity index (χ3v) is 5.68. The van der Waals surface area contributed by atoms with Crippen LogP contribution in [0, 0.1) is 5.92 Å². The summed E-state index contributed by atoms with van der Waals surface area (Å²) in [6.07, 6.45) is 14.7. The first kappa shape index (κ1) is 23.2. The first-order valence-electron chi connectivity index (χ1n) is 10.8. The van der Waals surface area contributed by atoms with Crippen molar-refractivity contribution in [1.29, 1.82) is 0 Å². The van der Waals surface area contributed by atoms with Crippen molar-refractivity contribution in [3.05, 3.63) is 35.8 Å². The molecule has 0 aliphatic heterocycles. The number of allylic oxidation sites excluding steroid dienone is 1. The van der Waals surface area contributed by atoms with Gasteiger partial charge in [0.05, 0.1) is 18.1 Å². The Balaban J connectivity index is 1.52. The summed E-state index contributed by atoms with van der Waals surface area (Å²) in [6, 6.07) is 0.289. The SMILES string of the molecule is CN(C)C/C=C/C(=O)CCC1CCCC(Nc2nc(Nc3cnn(C)c3)ncc2Cl)C1. The molecule has 31 heavy (non-hydrogen) atoms. The predicted octanol–water partition coefficient (Wildman–Crippen LogP) is 4.04. The van der Waals surface area contributed by atoms with Crippen LogP contribution in [-0.4, -0.2) is 57.1 Å². The number of aryl methyl sites for hydroxylation is 1. The Bertz CT molecular complexity index is 896. The lowest BCUT2D eigenvalue weighted by atomic mass is 9.82. The average Bonchev–Trinajstić information content (AvgIpc) is 3.13. The lowest BCUT2D eigenvalue weighted by Crippen LogP contribution is -2.28. The van der Waals surface area contributed by atoms with Crippen LogP contribution < -0.4 is 10.6 Å². The standard InChI is InChI=1S/C22H32ClN7O/c1-29(2)11-5-8-19(31)10-9-16-6-4-7-17(12-16)26-21-20(23)14-24-22(28-21)27-18-13-25-30(3)15-18/h5,8,13-17H,4,6-7,9-12H2,1-3H3,(H2,24,26,27,28)/b8-5+. The molecule has 1 fully saturated rings. The number of hydrogen-bond donors (Lipinski definition) is 2. The van der Waals surface area contributed by atoms with Gasteiger partial charge in [-0.3, -0.25) is 9.48 Å². The summed E-state index contributed by atoms with van der Waals surface area (Å²) in [5.74, 6) is 1.85. The van der Waals surface area contributed by atoms with Crippen molar-refractivity contribution in [2.45, 2.75) is 44.6 Å². The number of nitrogens with zero attached hydrogens (tertiary/aromatic N) is 5. The number of hydrogen-bond acceptors (Lipinski definition) is 7. The Kier molecular flexibility index (Phi) is 8.43. The number of ketones is 1. The highest BCUT2D eigenvalue weighted by atomic mass is 35.5. The molecule has 2 unspecified atom stereocenters. The van der Waals surface area contributed by atoms with Crippen LogP contribution in [0.25, 0.3) is 0 Å². The Hall–Kier alpha value is -2.45. The molecule has 0 bridgehead atoms. The smallest absolute Gasteiger partial charge is 0.229 e. The van der Waals surface area contributed by atoms with Gasteiger partial charge < -0.3 is 15.5 Å². The van der Waals surface area contributed by atoms with Crippen molar-refractivity contribution in [2.24, 2.45) is 13.0 Å².